The zero-order valence-electron chi connectivity index (χ0n) is 40.8. The highest BCUT2D eigenvalue weighted by Gasteiger charge is 2.29. The molecule has 33 heteroatoms. The highest BCUT2D eigenvalue weighted by atomic mass is 16.2. The molecule has 1 aliphatic rings. The summed E-state index contributed by atoms with van der Waals surface area (Å²) in [7, 11) is 0. The molecule has 0 aromatic rings. The van der Waals surface area contributed by atoms with E-state index in [4.69, 9.17) is 0 Å². The van der Waals surface area contributed by atoms with Gasteiger partial charge in [0.2, 0.25) is 76.8 Å². The number of hydrazone groups is 4. The predicted octanol–water partition coefficient (Wildman–Crippen LogP) is -7.72. The van der Waals surface area contributed by atoms with Crippen molar-refractivity contribution in [3.05, 3.63) is 12.2 Å². The van der Waals surface area contributed by atoms with Crippen LogP contribution in [0.25, 0.3) is 0 Å². The van der Waals surface area contributed by atoms with Gasteiger partial charge in [0.1, 0.15) is 24.7 Å². The molecule has 15 amide bonds. The van der Waals surface area contributed by atoms with Crippen LogP contribution in [-0.2, 0) is 71.9 Å². The summed E-state index contributed by atoms with van der Waals surface area (Å²) in [5.41, 5.74) is 8.32. The predicted molar refractivity (Wildman–Crippen MR) is 261 cm³/mol. The Kier molecular flexibility index (Phi) is 31.1. The third-order valence-corrected chi connectivity index (χ3v) is 9.66. The molecule has 0 fully saturated rings. The topological polar surface area (TPSA) is 465 Å². The van der Waals surface area contributed by atoms with Crippen molar-refractivity contribution in [1.29, 1.82) is 0 Å². The number of carbonyl (C=O) groups is 15. The van der Waals surface area contributed by atoms with E-state index in [1.165, 1.54) is 0 Å². The number of nitrogens with zero attached hydrogens (tertiary/aromatic N) is 5. The van der Waals surface area contributed by atoms with Crippen LogP contribution < -0.4 is 69.6 Å². The second-order valence-electron chi connectivity index (χ2n) is 15.4. The Hall–Kier alpha value is -9.33. The first kappa shape index (κ1) is 63.7. The smallest absolute Gasteiger partial charge is 0.254 e. The molecular weight excluding hydrogens is 997 g/mol. The zero-order valence-corrected chi connectivity index (χ0v) is 40.8. The lowest BCUT2D eigenvalue weighted by Crippen LogP contribution is -2.52. The first-order valence-corrected chi connectivity index (χ1v) is 22.8. The summed E-state index contributed by atoms with van der Waals surface area (Å²) in [6.45, 7) is 10.2. The summed E-state index contributed by atoms with van der Waals surface area (Å²) in [5.74, 6) is -11.1. The highest BCUT2D eigenvalue weighted by Crippen LogP contribution is 2.05. The van der Waals surface area contributed by atoms with Gasteiger partial charge in [0, 0.05) is 130 Å². The van der Waals surface area contributed by atoms with Crippen LogP contribution >= 0.6 is 0 Å². The SMILES string of the molecule is C=NNC(=O)CCNC(=O)CCC(NC(=O)CCNC(=O)CCC(NC(=O)CN1C(=O)C=CC1=O)C(=O)NCCC(=O)NC(CC(=O)NCCC(=O)NN=C)C(=O)NCCC(=O)NN=C)C(=O)NCCC(=O)NN=C. The Morgan fingerprint density at radius 2 is 0.667 bits per heavy atom. The van der Waals surface area contributed by atoms with E-state index in [0.29, 0.717) is 4.90 Å². The molecule has 33 nitrogen and oxygen atoms in total. The Bertz CT molecular complexity index is 2190. The van der Waals surface area contributed by atoms with Crippen molar-refractivity contribution in [2.75, 3.05) is 45.8 Å². The number of imide groups is 1. The summed E-state index contributed by atoms with van der Waals surface area (Å²) in [4.78, 5) is 188. The monoisotopic (exact) mass is 1060 g/mol. The molecule has 1 aliphatic heterocycles. The van der Waals surface area contributed by atoms with Crippen LogP contribution in [0.2, 0.25) is 0 Å². The lowest BCUT2D eigenvalue weighted by atomic mass is 10.1. The molecule has 0 radical (unpaired) electrons. The van der Waals surface area contributed by atoms with Gasteiger partial charge in [0.15, 0.2) is 0 Å². The van der Waals surface area contributed by atoms with Crippen LogP contribution in [0.5, 0.6) is 0 Å². The molecule has 0 aliphatic carbocycles. The van der Waals surface area contributed by atoms with Gasteiger partial charge < -0.3 is 47.9 Å². The van der Waals surface area contributed by atoms with Crippen LogP contribution in [0, 0.1) is 0 Å². The molecule has 0 saturated heterocycles. The number of amides is 15. The molecule has 3 unspecified atom stereocenters. The van der Waals surface area contributed by atoms with Gasteiger partial charge >= 0.3 is 0 Å². The second kappa shape index (κ2) is 36.6. The fraction of sp³-hybridized carbons (Fsp3) is 0.500. The van der Waals surface area contributed by atoms with Crippen molar-refractivity contribution < 1.29 is 71.9 Å². The Morgan fingerprint density at radius 1 is 0.373 bits per heavy atom. The van der Waals surface area contributed by atoms with Gasteiger partial charge in [-0.2, -0.15) is 20.4 Å². The number of carbonyl (C=O) groups excluding carboxylic acids is 15. The molecule has 75 heavy (non-hydrogen) atoms. The Balaban J connectivity index is 2.98. The minimum atomic E-state index is -1.52. The summed E-state index contributed by atoms with van der Waals surface area (Å²) < 4.78 is 0. The summed E-state index contributed by atoms with van der Waals surface area (Å²) in [5, 5.41) is 34.6. The van der Waals surface area contributed by atoms with Crippen LogP contribution in [0.15, 0.2) is 32.6 Å². The molecule has 0 bridgehead atoms. The van der Waals surface area contributed by atoms with Crippen molar-refractivity contribution >= 4 is 115 Å². The van der Waals surface area contributed by atoms with Gasteiger partial charge in [0.25, 0.3) is 11.8 Å². The van der Waals surface area contributed by atoms with Crippen molar-refractivity contribution in [2.45, 2.75) is 88.8 Å². The van der Waals surface area contributed by atoms with E-state index in [1.807, 2.05) is 0 Å². The number of rotatable bonds is 38. The highest BCUT2D eigenvalue weighted by molar-refractivity contribution is 6.14. The Morgan fingerprint density at radius 3 is 1.03 bits per heavy atom. The fourth-order valence-corrected chi connectivity index (χ4v) is 6.03. The van der Waals surface area contributed by atoms with E-state index < -0.39 is 152 Å². The van der Waals surface area contributed by atoms with E-state index in [9.17, 15) is 71.9 Å². The number of hydrogen-bond donors (Lipinski definition) is 13. The van der Waals surface area contributed by atoms with Gasteiger partial charge in [-0.3, -0.25) is 76.8 Å². The normalized spacial score (nSPS) is 12.3. The standard InChI is InChI=1S/C42H62N18O15/c1-43-56-32(65)13-18-48-29(62)7-5-25(40(73)51-21-15-34(67)58-45-3)53-30(63)11-17-47-28(61)8-6-26(54-37(70)24-60-38(71)9-10-39(60)72)41(74)50-20-12-31(64)55-27(42(75)52-22-16-35(68)59-46-4)23-36(69)49-19-14-33(66)57-44-2/h9-10,25-27H,1-8,11-24H2,(H,47,61)(H,48,62)(H,49,69)(H,50,74)(H,51,73)(H,52,75)(H,53,63)(H,54,70)(H,55,64)(H,56,65)(H,57,66)(H,58,67)(H,59,68). The molecule has 3 atom stereocenters. The van der Waals surface area contributed by atoms with E-state index in [2.05, 4.69) is 117 Å². The van der Waals surface area contributed by atoms with Crippen LogP contribution in [0.3, 0.4) is 0 Å². The summed E-state index contributed by atoms with van der Waals surface area (Å²) >= 11 is 0. The maximum atomic E-state index is 13.4. The van der Waals surface area contributed by atoms with Gasteiger partial charge in [-0.05, 0) is 12.8 Å². The number of hydrogen-bond acceptors (Lipinski definition) is 19. The van der Waals surface area contributed by atoms with Gasteiger partial charge in [-0.15, -0.1) is 0 Å². The van der Waals surface area contributed by atoms with Crippen LogP contribution in [0.1, 0.15) is 70.6 Å². The number of nitrogens with one attached hydrogen (secondary N) is 13. The summed E-state index contributed by atoms with van der Waals surface area (Å²) in [6.07, 6.45) is -1.84. The first-order chi connectivity index (χ1) is 35.7. The quantitative estimate of drug-likeness (QED) is 0.0155. The molecule has 0 spiro atoms. The van der Waals surface area contributed by atoms with E-state index in [-0.39, 0.29) is 71.2 Å². The van der Waals surface area contributed by atoms with Crippen LogP contribution in [0.4, 0.5) is 0 Å². The average Bonchev–Trinajstić information content (AvgIpc) is 3.66. The third kappa shape index (κ3) is 28.9. The van der Waals surface area contributed by atoms with Gasteiger partial charge in [0.05, 0.1) is 6.42 Å². The lowest BCUT2D eigenvalue weighted by molar-refractivity contribution is -0.141. The van der Waals surface area contributed by atoms with Crippen molar-refractivity contribution in [3.8, 4) is 0 Å². The van der Waals surface area contributed by atoms with E-state index in [1.54, 1.807) is 0 Å². The largest absolute Gasteiger partial charge is 0.356 e. The van der Waals surface area contributed by atoms with Crippen molar-refractivity contribution in [3.63, 3.8) is 0 Å². The average molecular weight is 1060 g/mol. The molecule has 1 heterocycles. The van der Waals surface area contributed by atoms with Crippen LogP contribution in [-0.4, -0.2) is 184 Å². The third-order valence-electron chi connectivity index (χ3n) is 9.66. The molecular formula is C42H62N18O15. The molecule has 0 aromatic heterocycles. The second-order valence-corrected chi connectivity index (χ2v) is 15.4. The van der Waals surface area contributed by atoms with Crippen molar-refractivity contribution in [1.82, 2.24) is 74.5 Å². The maximum absolute atomic E-state index is 13.4. The molecule has 0 aromatic carbocycles. The first-order valence-electron chi connectivity index (χ1n) is 22.8. The zero-order chi connectivity index (χ0) is 56.1. The maximum Gasteiger partial charge on any atom is 0.254 e. The van der Waals surface area contributed by atoms with E-state index >= 15 is 0 Å². The molecule has 1 rings (SSSR count). The lowest BCUT2D eigenvalue weighted by Gasteiger charge is -2.21. The summed E-state index contributed by atoms with van der Waals surface area (Å²) in [6, 6.07) is -4.33. The minimum absolute atomic E-state index is 0.0685. The fourth-order valence-electron chi connectivity index (χ4n) is 6.03. The molecule has 0 saturated carbocycles. The van der Waals surface area contributed by atoms with E-state index in [0.717, 1.165) is 12.2 Å². The van der Waals surface area contributed by atoms with Gasteiger partial charge in [-0.1, -0.05) is 0 Å². The van der Waals surface area contributed by atoms with Crippen molar-refractivity contribution in [2.24, 2.45) is 20.4 Å². The Labute approximate surface area is 428 Å². The molecule has 13 N–H and O–H groups in total. The minimum Gasteiger partial charge on any atom is -0.356 e. The molecule has 410 valence electrons. The van der Waals surface area contributed by atoms with Gasteiger partial charge in [-0.25, -0.2) is 21.7 Å².